The van der Waals surface area contributed by atoms with E-state index in [9.17, 15) is 39.3 Å². The van der Waals surface area contributed by atoms with E-state index >= 15 is 0 Å². The minimum absolute atomic E-state index is 0.0245. The van der Waals surface area contributed by atoms with Crippen molar-refractivity contribution in [3.8, 4) is 5.75 Å². The Hall–Kier alpha value is -3.75. The summed E-state index contributed by atoms with van der Waals surface area (Å²) in [4.78, 5) is 61.7. The van der Waals surface area contributed by atoms with E-state index in [4.69, 9.17) is 17.2 Å². The number of unbranched alkanes of at least 4 members (excludes halogenated alkanes) is 2. The van der Waals surface area contributed by atoms with Gasteiger partial charge in [-0.25, -0.2) is 4.79 Å². The number of benzene rings is 1. The quantitative estimate of drug-likeness (QED) is 0.0895. The number of carbonyl (C=O) groups excluding carboxylic acids is 3. The van der Waals surface area contributed by atoms with Crippen molar-refractivity contribution in [2.75, 3.05) is 13.1 Å². The molecule has 1 rings (SSSR count). The third-order valence-corrected chi connectivity index (χ3v) is 5.89. The minimum Gasteiger partial charge on any atom is -0.508 e. The maximum atomic E-state index is 13.1. The van der Waals surface area contributed by atoms with Gasteiger partial charge in [0.15, 0.2) is 0 Å². The van der Waals surface area contributed by atoms with E-state index in [0.29, 0.717) is 50.8 Å². The van der Waals surface area contributed by atoms with Gasteiger partial charge in [-0.05, 0) is 62.9 Å². The lowest BCUT2D eigenvalue weighted by atomic mass is 10.0. The number of hydrogen-bond donors (Lipinski definition) is 9. The number of carboxylic acids is 2. The summed E-state index contributed by atoms with van der Waals surface area (Å²) in [7, 11) is 0. The Morgan fingerprint density at radius 1 is 0.718 bits per heavy atom. The molecule has 0 spiro atoms. The molecule has 0 bridgehead atoms. The molecule has 4 unspecified atom stereocenters. The van der Waals surface area contributed by atoms with Crippen molar-refractivity contribution in [3.05, 3.63) is 29.8 Å². The first kappa shape index (κ1) is 33.3. The summed E-state index contributed by atoms with van der Waals surface area (Å²) < 4.78 is 0. The molecule has 12 N–H and O–H groups in total. The van der Waals surface area contributed by atoms with Crippen LogP contribution in [0.1, 0.15) is 50.5 Å². The van der Waals surface area contributed by atoms with Gasteiger partial charge in [0, 0.05) is 6.42 Å². The van der Waals surface area contributed by atoms with Crippen LogP contribution in [0.5, 0.6) is 5.75 Å². The molecule has 0 saturated carbocycles. The number of phenolic OH excluding ortho intramolecular Hbond substituents is 1. The molecule has 218 valence electrons. The number of nitrogens with one attached hydrogen (secondary N) is 3. The Kier molecular flexibility index (Phi) is 15.1. The molecule has 4 atom stereocenters. The fourth-order valence-electron chi connectivity index (χ4n) is 3.68. The number of hydrogen-bond acceptors (Lipinski definition) is 9. The zero-order valence-electron chi connectivity index (χ0n) is 21.8. The molecule has 0 aliphatic carbocycles. The maximum absolute atomic E-state index is 13.1. The predicted molar refractivity (Wildman–Crippen MR) is 141 cm³/mol. The maximum Gasteiger partial charge on any atom is 0.326 e. The Labute approximate surface area is 226 Å². The van der Waals surface area contributed by atoms with Crippen molar-refractivity contribution in [1.29, 1.82) is 0 Å². The topological polar surface area (TPSA) is 260 Å². The molecule has 0 fully saturated rings. The second-order valence-corrected chi connectivity index (χ2v) is 9.17. The summed E-state index contributed by atoms with van der Waals surface area (Å²) in [5.74, 6) is -5.25. The fraction of sp³-hybridized carbons (Fsp3) is 0.560. The van der Waals surface area contributed by atoms with E-state index in [-0.39, 0.29) is 18.6 Å². The molecule has 0 aliphatic rings. The highest BCUT2D eigenvalue weighted by molar-refractivity contribution is 5.95. The monoisotopic (exact) mass is 552 g/mol. The molecule has 39 heavy (non-hydrogen) atoms. The van der Waals surface area contributed by atoms with Crippen molar-refractivity contribution in [2.45, 2.75) is 75.5 Å². The lowest BCUT2D eigenvalue weighted by molar-refractivity contribution is -0.143. The SMILES string of the molecule is NCCCCC(N)C(=O)NC(CCCCN)C(=O)NC(CC(=O)O)C(=O)NC(Cc1ccc(O)cc1)C(=O)O. The Morgan fingerprint density at radius 2 is 1.23 bits per heavy atom. The molecule has 3 amide bonds. The lowest BCUT2D eigenvalue weighted by Crippen LogP contribution is -2.57. The summed E-state index contributed by atoms with van der Waals surface area (Å²) in [5.41, 5.74) is 17.4. The molecular weight excluding hydrogens is 512 g/mol. The molecule has 0 aliphatic heterocycles. The van der Waals surface area contributed by atoms with Gasteiger partial charge in [0.05, 0.1) is 12.5 Å². The van der Waals surface area contributed by atoms with Gasteiger partial charge in [-0.3, -0.25) is 19.2 Å². The molecule has 0 heterocycles. The lowest BCUT2D eigenvalue weighted by Gasteiger charge is -2.24. The van der Waals surface area contributed by atoms with Gasteiger partial charge >= 0.3 is 11.9 Å². The largest absolute Gasteiger partial charge is 0.508 e. The van der Waals surface area contributed by atoms with E-state index in [1.165, 1.54) is 24.3 Å². The van der Waals surface area contributed by atoms with Crippen molar-refractivity contribution in [3.63, 3.8) is 0 Å². The first-order chi connectivity index (χ1) is 18.5. The van der Waals surface area contributed by atoms with Gasteiger partial charge in [0.2, 0.25) is 17.7 Å². The van der Waals surface area contributed by atoms with Crippen LogP contribution >= 0.6 is 0 Å². The second kappa shape index (κ2) is 17.7. The number of amides is 3. The summed E-state index contributed by atoms with van der Waals surface area (Å²) >= 11 is 0. The summed E-state index contributed by atoms with van der Waals surface area (Å²) in [5, 5.41) is 35.4. The molecule has 14 nitrogen and oxygen atoms in total. The third kappa shape index (κ3) is 13.0. The number of phenols is 1. The van der Waals surface area contributed by atoms with E-state index in [1.54, 1.807) is 0 Å². The average Bonchev–Trinajstić information content (AvgIpc) is 2.88. The van der Waals surface area contributed by atoms with Crippen LogP contribution in [0.4, 0.5) is 0 Å². The molecule has 1 aromatic carbocycles. The van der Waals surface area contributed by atoms with Crippen LogP contribution in [0.15, 0.2) is 24.3 Å². The molecule has 0 aromatic heterocycles. The van der Waals surface area contributed by atoms with Crippen LogP contribution in [0.2, 0.25) is 0 Å². The predicted octanol–water partition coefficient (Wildman–Crippen LogP) is -1.47. The van der Waals surface area contributed by atoms with Gasteiger partial charge in [0.1, 0.15) is 23.9 Å². The van der Waals surface area contributed by atoms with Gasteiger partial charge in [-0.15, -0.1) is 0 Å². The number of aliphatic carboxylic acids is 2. The highest BCUT2D eigenvalue weighted by Gasteiger charge is 2.31. The van der Waals surface area contributed by atoms with Crippen LogP contribution in [-0.2, 0) is 30.4 Å². The molecule has 0 radical (unpaired) electrons. The average molecular weight is 553 g/mol. The first-order valence-corrected chi connectivity index (χ1v) is 12.8. The summed E-state index contributed by atoms with van der Waals surface area (Å²) in [6.45, 7) is 0.797. The van der Waals surface area contributed by atoms with Crippen molar-refractivity contribution >= 4 is 29.7 Å². The number of nitrogens with two attached hydrogens (primary N) is 3. The number of rotatable bonds is 19. The highest BCUT2D eigenvalue weighted by Crippen LogP contribution is 2.12. The van der Waals surface area contributed by atoms with Crippen molar-refractivity contribution < 1.29 is 39.3 Å². The van der Waals surface area contributed by atoms with E-state index in [1.807, 2.05) is 0 Å². The molecule has 14 heteroatoms. The number of carboxylic acid groups (broad SMARTS) is 2. The highest BCUT2D eigenvalue weighted by atomic mass is 16.4. The normalized spacial score (nSPS) is 13.9. The van der Waals surface area contributed by atoms with E-state index in [0.717, 1.165) is 0 Å². The Balaban J connectivity index is 2.98. The zero-order valence-corrected chi connectivity index (χ0v) is 21.8. The van der Waals surface area contributed by atoms with Crippen LogP contribution in [0, 0.1) is 0 Å². The molecular formula is C25H40N6O8. The first-order valence-electron chi connectivity index (χ1n) is 12.8. The minimum atomic E-state index is -1.62. The standard InChI is InChI=1S/C25H40N6O8/c26-11-3-1-5-17(28)22(35)29-18(6-2-4-12-27)23(36)30-19(14-21(33)34)24(37)31-20(25(38)39)13-15-7-9-16(32)10-8-15/h7-10,17-20,32H,1-6,11-14,26-28H2,(H,29,35)(H,30,36)(H,31,37)(H,33,34)(H,38,39). The summed E-state index contributed by atoms with van der Waals surface area (Å²) in [6, 6.07) is 0.578. The zero-order chi connectivity index (χ0) is 29.4. The van der Waals surface area contributed by atoms with E-state index < -0.39 is 60.2 Å². The van der Waals surface area contributed by atoms with Gasteiger partial charge in [0.25, 0.3) is 0 Å². The summed E-state index contributed by atoms with van der Waals surface area (Å²) in [6.07, 6.45) is 1.83. The van der Waals surface area contributed by atoms with Gasteiger partial charge in [-0.1, -0.05) is 18.6 Å². The van der Waals surface area contributed by atoms with Crippen LogP contribution in [0.25, 0.3) is 0 Å². The van der Waals surface area contributed by atoms with Crippen LogP contribution in [-0.4, -0.2) is 82.2 Å². The second-order valence-electron chi connectivity index (χ2n) is 9.17. The van der Waals surface area contributed by atoms with Crippen LogP contribution < -0.4 is 33.2 Å². The van der Waals surface area contributed by atoms with Gasteiger partial charge in [-0.2, -0.15) is 0 Å². The van der Waals surface area contributed by atoms with E-state index in [2.05, 4.69) is 16.0 Å². The molecule has 1 aromatic rings. The van der Waals surface area contributed by atoms with Crippen molar-refractivity contribution in [1.82, 2.24) is 16.0 Å². The molecule has 0 saturated heterocycles. The number of carbonyl (C=O) groups is 5. The van der Waals surface area contributed by atoms with Gasteiger partial charge < -0.3 is 48.5 Å². The Morgan fingerprint density at radius 3 is 1.77 bits per heavy atom. The fourth-order valence-corrected chi connectivity index (χ4v) is 3.68. The Bertz CT molecular complexity index is 958. The van der Waals surface area contributed by atoms with Crippen LogP contribution in [0.3, 0.4) is 0 Å². The number of aromatic hydroxyl groups is 1. The smallest absolute Gasteiger partial charge is 0.326 e. The van der Waals surface area contributed by atoms with Crippen molar-refractivity contribution in [2.24, 2.45) is 17.2 Å². The third-order valence-electron chi connectivity index (χ3n) is 5.89.